The standard InChI is InChI=1S/C15H18F2N2S/c1-4-8-18-14(15-19-9(2)10(3)20-15)11-6-5-7-12(16)13(11)17/h5-7,14,18H,4,8H2,1-3H3. The van der Waals surface area contributed by atoms with Crippen molar-refractivity contribution in [3.05, 3.63) is 51.0 Å². The van der Waals surface area contributed by atoms with Gasteiger partial charge in [0.2, 0.25) is 0 Å². The van der Waals surface area contributed by atoms with E-state index in [1.54, 1.807) is 6.07 Å². The van der Waals surface area contributed by atoms with Crippen molar-refractivity contribution in [2.75, 3.05) is 6.54 Å². The molecular formula is C15H18F2N2S. The van der Waals surface area contributed by atoms with E-state index in [-0.39, 0.29) is 0 Å². The fraction of sp³-hybridized carbons (Fsp3) is 0.400. The molecule has 2 aromatic rings. The summed E-state index contributed by atoms with van der Waals surface area (Å²) in [6.07, 6.45) is 0.913. The Hall–Kier alpha value is -1.33. The predicted octanol–water partition coefficient (Wildman–Crippen LogP) is 4.13. The lowest BCUT2D eigenvalue weighted by Gasteiger charge is -2.17. The normalized spacial score (nSPS) is 12.7. The highest BCUT2D eigenvalue weighted by Gasteiger charge is 2.22. The number of nitrogens with one attached hydrogen (secondary N) is 1. The van der Waals surface area contributed by atoms with E-state index in [4.69, 9.17) is 0 Å². The molecule has 2 nitrogen and oxygen atoms in total. The third-order valence-corrected chi connectivity index (χ3v) is 4.32. The fourth-order valence-corrected chi connectivity index (χ4v) is 3.00. The Labute approximate surface area is 121 Å². The van der Waals surface area contributed by atoms with E-state index < -0.39 is 17.7 Å². The van der Waals surface area contributed by atoms with Crippen LogP contribution in [0.1, 0.15) is 40.5 Å². The highest BCUT2D eigenvalue weighted by Crippen LogP contribution is 2.30. The minimum Gasteiger partial charge on any atom is -0.304 e. The summed E-state index contributed by atoms with van der Waals surface area (Å²) in [4.78, 5) is 5.57. The zero-order valence-electron chi connectivity index (χ0n) is 11.8. The number of rotatable bonds is 5. The molecule has 108 valence electrons. The van der Waals surface area contributed by atoms with Crippen molar-refractivity contribution in [2.24, 2.45) is 0 Å². The monoisotopic (exact) mass is 296 g/mol. The highest BCUT2D eigenvalue weighted by atomic mass is 32.1. The number of hydrogen-bond donors (Lipinski definition) is 1. The minimum atomic E-state index is -0.823. The average molecular weight is 296 g/mol. The van der Waals surface area contributed by atoms with Crippen molar-refractivity contribution in [2.45, 2.75) is 33.2 Å². The van der Waals surface area contributed by atoms with Crippen LogP contribution in [0.4, 0.5) is 8.78 Å². The first-order valence-corrected chi connectivity index (χ1v) is 7.47. The molecule has 1 atom stereocenters. The van der Waals surface area contributed by atoms with Gasteiger partial charge in [0.1, 0.15) is 5.01 Å². The number of aromatic nitrogens is 1. The minimum absolute atomic E-state index is 0.312. The van der Waals surface area contributed by atoms with Crippen LogP contribution in [0.2, 0.25) is 0 Å². The van der Waals surface area contributed by atoms with Crippen molar-refractivity contribution in [1.82, 2.24) is 10.3 Å². The maximum absolute atomic E-state index is 14.0. The molecule has 1 unspecified atom stereocenters. The lowest BCUT2D eigenvalue weighted by molar-refractivity contribution is 0.480. The number of benzene rings is 1. The van der Waals surface area contributed by atoms with E-state index in [9.17, 15) is 8.78 Å². The van der Waals surface area contributed by atoms with Gasteiger partial charge < -0.3 is 5.32 Å². The summed E-state index contributed by atoms with van der Waals surface area (Å²) >= 11 is 1.52. The lowest BCUT2D eigenvalue weighted by Crippen LogP contribution is -2.24. The Morgan fingerprint density at radius 3 is 2.65 bits per heavy atom. The van der Waals surface area contributed by atoms with Crippen molar-refractivity contribution in [1.29, 1.82) is 0 Å². The molecule has 0 amide bonds. The second-order valence-corrected chi connectivity index (χ2v) is 5.96. The Morgan fingerprint density at radius 1 is 1.30 bits per heavy atom. The number of thiazole rings is 1. The quantitative estimate of drug-likeness (QED) is 0.897. The molecule has 1 aromatic carbocycles. The van der Waals surface area contributed by atoms with Crippen LogP contribution >= 0.6 is 11.3 Å². The third-order valence-electron chi connectivity index (χ3n) is 3.18. The van der Waals surface area contributed by atoms with Crippen LogP contribution in [0.25, 0.3) is 0 Å². The Kier molecular flexibility index (Phi) is 4.83. The molecule has 0 saturated heterocycles. The predicted molar refractivity (Wildman–Crippen MR) is 78.1 cm³/mol. The van der Waals surface area contributed by atoms with Crippen molar-refractivity contribution < 1.29 is 8.78 Å². The first kappa shape index (κ1) is 15.1. The van der Waals surface area contributed by atoms with Crippen molar-refractivity contribution in [3.63, 3.8) is 0 Å². The molecule has 1 heterocycles. The Bertz CT molecular complexity index is 576. The van der Waals surface area contributed by atoms with Gasteiger partial charge in [-0.3, -0.25) is 0 Å². The summed E-state index contributed by atoms with van der Waals surface area (Å²) in [5.74, 6) is -1.62. The van der Waals surface area contributed by atoms with Gasteiger partial charge in [-0.2, -0.15) is 0 Å². The molecule has 0 spiro atoms. The molecule has 20 heavy (non-hydrogen) atoms. The van der Waals surface area contributed by atoms with Gasteiger partial charge in [-0.1, -0.05) is 19.1 Å². The molecule has 0 radical (unpaired) electrons. The molecule has 1 aromatic heterocycles. The van der Waals surface area contributed by atoms with Crippen LogP contribution < -0.4 is 5.32 Å². The second kappa shape index (κ2) is 6.41. The largest absolute Gasteiger partial charge is 0.304 e. The molecule has 0 aliphatic carbocycles. The van der Waals surface area contributed by atoms with E-state index in [2.05, 4.69) is 10.3 Å². The van der Waals surface area contributed by atoms with Gasteiger partial charge >= 0.3 is 0 Å². The van der Waals surface area contributed by atoms with Crippen molar-refractivity contribution >= 4 is 11.3 Å². The van der Waals surface area contributed by atoms with Gasteiger partial charge in [-0.05, 0) is 32.9 Å². The first-order valence-electron chi connectivity index (χ1n) is 6.65. The molecule has 1 N–H and O–H groups in total. The van der Waals surface area contributed by atoms with Crippen LogP contribution in [0.5, 0.6) is 0 Å². The maximum Gasteiger partial charge on any atom is 0.164 e. The summed E-state index contributed by atoms with van der Waals surface area (Å²) < 4.78 is 27.5. The summed E-state index contributed by atoms with van der Waals surface area (Å²) in [6, 6.07) is 3.87. The zero-order chi connectivity index (χ0) is 14.7. The molecule has 0 aliphatic heterocycles. The van der Waals surface area contributed by atoms with Crippen LogP contribution in [-0.2, 0) is 0 Å². The molecule has 2 rings (SSSR count). The number of halogens is 2. The molecular weight excluding hydrogens is 278 g/mol. The van der Waals surface area contributed by atoms with Crippen LogP contribution in [0.15, 0.2) is 18.2 Å². The summed E-state index contributed by atoms with van der Waals surface area (Å²) in [5.41, 5.74) is 1.25. The number of nitrogens with zero attached hydrogens (tertiary/aromatic N) is 1. The van der Waals surface area contributed by atoms with Gasteiger partial charge in [0.25, 0.3) is 0 Å². The molecule has 5 heteroatoms. The average Bonchev–Trinajstić information content (AvgIpc) is 2.74. The van der Waals surface area contributed by atoms with E-state index >= 15 is 0 Å². The van der Waals surface area contributed by atoms with E-state index in [0.29, 0.717) is 5.56 Å². The molecule has 0 saturated carbocycles. The maximum atomic E-state index is 14.0. The number of hydrogen-bond acceptors (Lipinski definition) is 3. The Morgan fingerprint density at radius 2 is 2.05 bits per heavy atom. The smallest absolute Gasteiger partial charge is 0.164 e. The highest BCUT2D eigenvalue weighted by molar-refractivity contribution is 7.11. The van der Waals surface area contributed by atoms with Crippen LogP contribution in [0, 0.1) is 25.5 Å². The van der Waals surface area contributed by atoms with Gasteiger partial charge in [0.05, 0.1) is 11.7 Å². The first-order chi connectivity index (χ1) is 9.54. The Balaban J connectivity index is 2.44. The van der Waals surface area contributed by atoms with Gasteiger partial charge in [0, 0.05) is 10.4 Å². The van der Waals surface area contributed by atoms with E-state index in [1.807, 2.05) is 20.8 Å². The van der Waals surface area contributed by atoms with Gasteiger partial charge in [-0.25, -0.2) is 13.8 Å². The van der Waals surface area contributed by atoms with Gasteiger partial charge in [0.15, 0.2) is 11.6 Å². The van der Waals surface area contributed by atoms with E-state index in [1.165, 1.54) is 17.4 Å². The molecule has 0 bridgehead atoms. The molecule has 0 aliphatic rings. The summed E-state index contributed by atoms with van der Waals surface area (Å²) in [5, 5.41) is 4.03. The third kappa shape index (κ3) is 3.04. The summed E-state index contributed by atoms with van der Waals surface area (Å²) in [7, 11) is 0. The lowest BCUT2D eigenvalue weighted by atomic mass is 10.1. The van der Waals surface area contributed by atoms with Crippen LogP contribution in [0.3, 0.4) is 0 Å². The van der Waals surface area contributed by atoms with Crippen LogP contribution in [-0.4, -0.2) is 11.5 Å². The fourth-order valence-electron chi connectivity index (χ4n) is 1.98. The number of aryl methyl sites for hydroxylation is 2. The molecule has 0 fully saturated rings. The second-order valence-electron chi connectivity index (χ2n) is 4.72. The van der Waals surface area contributed by atoms with Gasteiger partial charge in [-0.15, -0.1) is 11.3 Å². The SMILES string of the molecule is CCCNC(c1nc(C)c(C)s1)c1cccc(F)c1F. The zero-order valence-corrected chi connectivity index (χ0v) is 12.7. The topological polar surface area (TPSA) is 24.9 Å². The van der Waals surface area contributed by atoms with E-state index in [0.717, 1.165) is 34.6 Å². The summed E-state index contributed by atoms with van der Waals surface area (Å²) in [6.45, 7) is 6.66. The van der Waals surface area contributed by atoms with Crippen molar-refractivity contribution in [3.8, 4) is 0 Å².